The molecule has 1 N–H and O–H groups in total. The van der Waals surface area contributed by atoms with Crippen LogP contribution in [0.1, 0.15) is 13.8 Å². The van der Waals surface area contributed by atoms with Gasteiger partial charge in [0.2, 0.25) is 0 Å². The summed E-state index contributed by atoms with van der Waals surface area (Å²) < 4.78 is 0. The largest absolute Gasteiger partial charge is 0.359 e. The molecule has 0 fully saturated rings. The monoisotopic (exact) mass is 243 g/mol. The van der Waals surface area contributed by atoms with Crippen molar-refractivity contribution in [3.63, 3.8) is 0 Å². The number of carbonyl (C=O) groups excluding carboxylic acids is 1. The predicted octanol–water partition coefficient (Wildman–Crippen LogP) is 1.75. The zero-order valence-corrected chi connectivity index (χ0v) is 10.3. The van der Waals surface area contributed by atoms with Crippen LogP contribution >= 0.6 is 23.6 Å². The first-order chi connectivity index (χ1) is 7.19. The van der Waals surface area contributed by atoms with E-state index >= 15 is 0 Å². The van der Waals surface area contributed by atoms with Crippen LogP contribution in [-0.4, -0.2) is 33.9 Å². The molecule has 4 nitrogen and oxygen atoms in total. The Hall–Kier alpha value is -1.01. The van der Waals surface area contributed by atoms with Crippen LogP contribution in [0.4, 0.5) is 5.13 Å². The van der Waals surface area contributed by atoms with E-state index in [2.05, 4.69) is 10.3 Å². The van der Waals surface area contributed by atoms with E-state index in [-0.39, 0.29) is 5.91 Å². The van der Waals surface area contributed by atoms with Crippen LogP contribution in [0, 0.1) is 0 Å². The molecular formula is C9H13N3OS2. The quantitative estimate of drug-likeness (QED) is 0.822. The van der Waals surface area contributed by atoms with E-state index < -0.39 is 0 Å². The molecule has 1 aromatic heterocycles. The molecular weight excluding hydrogens is 230 g/mol. The fourth-order valence-electron chi connectivity index (χ4n) is 1.09. The van der Waals surface area contributed by atoms with Gasteiger partial charge in [-0.1, -0.05) is 12.2 Å². The zero-order chi connectivity index (χ0) is 11.3. The molecule has 0 saturated heterocycles. The summed E-state index contributed by atoms with van der Waals surface area (Å²) in [6.45, 7) is 5.40. The maximum Gasteiger partial charge on any atom is 0.285 e. The van der Waals surface area contributed by atoms with Gasteiger partial charge in [0.25, 0.3) is 5.91 Å². The van der Waals surface area contributed by atoms with Crippen LogP contribution < -0.4 is 5.32 Å². The van der Waals surface area contributed by atoms with Gasteiger partial charge in [-0.25, -0.2) is 4.98 Å². The average molecular weight is 243 g/mol. The van der Waals surface area contributed by atoms with Crippen LogP contribution in [0.5, 0.6) is 0 Å². The van der Waals surface area contributed by atoms with Gasteiger partial charge in [-0.05, 0) is 13.8 Å². The number of nitrogens with one attached hydrogen (secondary N) is 1. The Morgan fingerprint density at radius 3 is 2.73 bits per heavy atom. The minimum absolute atomic E-state index is 0.261. The summed E-state index contributed by atoms with van der Waals surface area (Å²) in [5, 5.41) is 5.04. The van der Waals surface area contributed by atoms with E-state index in [1.807, 2.05) is 18.7 Å². The molecule has 0 atom stereocenters. The van der Waals surface area contributed by atoms with Crippen molar-refractivity contribution in [2.75, 3.05) is 18.4 Å². The van der Waals surface area contributed by atoms with Crippen molar-refractivity contribution in [2.24, 2.45) is 0 Å². The van der Waals surface area contributed by atoms with Gasteiger partial charge in [-0.3, -0.25) is 10.1 Å². The highest BCUT2D eigenvalue weighted by atomic mass is 32.1. The third kappa shape index (κ3) is 3.24. The third-order valence-corrected chi connectivity index (χ3v) is 3.03. The molecule has 0 aliphatic carbocycles. The molecule has 1 rings (SSSR count). The molecule has 0 spiro atoms. The molecule has 6 heteroatoms. The van der Waals surface area contributed by atoms with Crippen molar-refractivity contribution < 1.29 is 4.79 Å². The van der Waals surface area contributed by atoms with Gasteiger partial charge in [0.05, 0.1) is 0 Å². The number of likely N-dealkylation sites (N-methyl/N-ethyl adjacent to an activating group) is 1. The highest BCUT2D eigenvalue weighted by Crippen LogP contribution is 2.10. The normalized spacial score (nSPS) is 9.73. The van der Waals surface area contributed by atoms with Gasteiger partial charge in [0, 0.05) is 24.7 Å². The first kappa shape index (κ1) is 12.1. The van der Waals surface area contributed by atoms with E-state index in [1.54, 1.807) is 11.6 Å². The van der Waals surface area contributed by atoms with Crippen LogP contribution in [0.2, 0.25) is 0 Å². The van der Waals surface area contributed by atoms with Crippen molar-refractivity contribution in [2.45, 2.75) is 13.8 Å². The van der Waals surface area contributed by atoms with Crippen molar-refractivity contribution >= 4 is 39.6 Å². The molecule has 1 heterocycles. The lowest BCUT2D eigenvalue weighted by atomic mass is 10.4. The fourth-order valence-corrected chi connectivity index (χ4v) is 1.92. The molecule has 15 heavy (non-hydrogen) atoms. The molecule has 1 amide bonds. The van der Waals surface area contributed by atoms with E-state index in [0.717, 1.165) is 13.1 Å². The number of aromatic nitrogens is 1. The Morgan fingerprint density at radius 1 is 1.60 bits per heavy atom. The Morgan fingerprint density at radius 2 is 2.27 bits per heavy atom. The Kier molecular flexibility index (Phi) is 4.64. The number of hydrogen-bond acceptors (Lipinski definition) is 4. The average Bonchev–Trinajstić information content (AvgIpc) is 2.72. The number of thiazole rings is 1. The second kappa shape index (κ2) is 5.77. The predicted molar refractivity (Wildman–Crippen MR) is 66.3 cm³/mol. The number of anilines is 1. The molecule has 82 valence electrons. The number of amides is 1. The Bertz CT molecular complexity index is 333. The van der Waals surface area contributed by atoms with Crippen molar-refractivity contribution in [1.29, 1.82) is 0 Å². The number of hydrogen-bond donors (Lipinski definition) is 1. The minimum atomic E-state index is -0.261. The lowest BCUT2D eigenvalue weighted by Gasteiger charge is -2.20. The van der Waals surface area contributed by atoms with Crippen molar-refractivity contribution in [1.82, 2.24) is 9.88 Å². The zero-order valence-electron chi connectivity index (χ0n) is 8.69. The topological polar surface area (TPSA) is 45.2 Å². The summed E-state index contributed by atoms with van der Waals surface area (Å²) in [5.74, 6) is -0.261. The Labute approximate surface area is 98.3 Å². The first-order valence-corrected chi connectivity index (χ1v) is 5.97. The summed E-state index contributed by atoms with van der Waals surface area (Å²) in [4.78, 5) is 17.7. The Balaban J connectivity index is 2.57. The number of rotatable bonds is 3. The van der Waals surface area contributed by atoms with Crippen LogP contribution in [0.3, 0.4) is 0 Å². The van der Waals surface area contributed by atoms with Crippen LogP contribution in [-0.2, 0) is 4.79 Å². The van der Waals surface area contributed by atoms with Crippen molar-refractivity contribution in [3.05, 3.63) is 11.6 Å². The molecule has 0 unspecified atom stereocenters. The van der Waals surface area contributed by atoms with Gasteiger partial charge in [0.15, 0.2) is 10.1 Å². The third-order valence-electron chi connectivity index (χ3n) is 1.90. The van der Waals surface area contributed by atoms with E-state index in [4.69, 9.17) is 12.2 Å². The maximum atomic E-state index is 11.6. The van der Waals surface area contributed by atoms with Crippen LogP contribution in [0.25, 0.3) is 0 Å². The summed E-state index contributed by atoms with van der Waals surface area (Å²) >= 11 is 6.43. The smallest absolute Gasteiger partial charge is 0.285 e. The molecule has 0 aliphatic rings. The number of nitrogens with zero attached hydrogens (tertiary/aromatic N) is 2. The molecule has 0 saturated carbocycles. The molecule has 0 aromatic carbocycles. The second-order valence-electron chi connectivity index (χ2n) is 2.77. The summed E-state index contributed by atoms with van der Waals surface area (Å²) in [7, 11) is 0. The number of carbonyl (C=O) groups is 1. The van der Waals surface area contributed by atoms with E-state index in [1.165, 1.54) is 11.3 Å². The summed E-state index contributed by atoms with van der Waals surface area (Å²) in [5.41, 5.74) is 0. The van der Waals surface area contributed by atoms with Crippen LogP contribution in [0.15, 0.2) is 11.6 Å². The maximum absolute atomic E-state index is 11.6. The SMILES string of the molecule is CCN(CC)C(=S)C(=O)Nc1nccs1. The standard InChI is InChI=1S/C9H13N3OS2/c1-3-12(4-2)8(14)7(13)11-9-10-5-6-15-9/h5-6H,3-4H2,1-2H3,(H,10,11,13). The first-order valence-electron chi connectivity index (χ1n) is 4.68. The van der Waals surface area contributed by atoms with Gasteiger partial charge in [-0.15, -0.1) is 11.3 Å². The minimum Gasteiger partial charge on any atom is -0.359 e. The molecule has 0 bridgehead atoms. The van der Waals surface area contributed by atoms with E-state index in [0.29, 0.717) is 10.1 Å². The van der Waals surface area contributed by atoms with Crippen molar-refractivity contribution in [3.8, 4) is 0 Å². The van der Waals surface area contributed by atoms with Gasteiger partial charge >= 0.3 is 0 Å². The molecule has 1 aromatic rings. The lowest BCUT2D eigenvalue weighted by Crippen LogP contribution is -2.38. The van der Waals surface area contributed by atoms with Gasteiger partial charge in [0.1, 0.15) is 0 Å². The summed E-state index contributed by atoms with van der Waals surface area (Å²) in [6, 6.07) is 0. The fraction of sp³-hybridized carbons (Fsp3) is 0.444. The lowest BCUT2D eigenvalue weighted by molar-refractivity contribution is -0.110. The van der Waals surface area contributed by atoms with Gasteiger partial charge < -0.3 is 4.90 Å². The van der Waals surface area contributed by atoms with Gasteiger partial charge in [-0.2, -0.15) is 0 Å². The highest BCUT2D eigenvalue weighted by molar-refractivity contribution is 7.82. The summed E-state index contributed by atoms with van der Waals surface area (Å²) in [6.07, 6.45) is 1.64. The molecule has 0 radical (unpaired) electrons. The molecule has 0 aliphatic heterocycles. The van der Waals surface area contributed by atoms with E-state index in [9.17, 15) is 4.79 Å². The highest BCUT2D eigenvalue weighted by Gasteiger charge is 2.15. The number of thiocarbonyl (C=S) groups is 1. The second-order valence-corrected chi connectivity index (χ2v) is 4.05.